The number of nitrogens with two attached hydrogens (primary N) is 1. The standard InChI is InChI=1S/C13H11IN2O2/c14-10-3-1-2-4-12(10)16-13(18)9-7-8(17)5-6-11(9)15/h1-7,17H,15H2,(H,16,18). The number of para-hydroxylation sites is 1. The van der Waals surface area contributed by atoms with Crippen molar-refractivity contribution in [3.63, 3.8) is 0 Å². The number of nitrogens with one attached hydrogen (secondary N) is 1. The Hall–Kier alpha value is -1.76. The fourth-order valence-electron chi connectivity index (χ4n) is 1.49. The number of carbonyl (C=O) groups excluding carboxylic acids is 1. The van der Waals surface area contributed by atoms with Crippen molar-refractivity contribution in [3.05, 3.63) is 51.6 Å². The summed E-state index contributed by atoms with van der Waals surface area (Å²) in [6, 6.07) is 11.7. The molecule has 2 aromatic carbocycles. The van der Waals surface area contributed by atoms with Gasteiger partial charge in [0.05, 0.1) is 11.3 Å². The number of aromatic hydroxyl groups is 1. The van der Waals surface area contributed by atoms with E-state index in [1.807, 2.05) is 18.2 Å². The Morgan fingerprint density at radius 3 is 2.67 bits per heavy atom. The van der Waals surface area contributed by atoms with Crippen molar-refractivity contribution in [1.29, 1.82) is 0 Å². The predicted molar refractivity (Wildman–Crippen MR) is 79.6 cm³/mol. The van der Waals surface area contributed by atoms with E-state index in [2.05, 4.69) is 27.9 Å². The highest BCUT2D eigenvalue weighted by Crippen LogP contribution is 2.22. The van der Waals surface area contributed by atoms with Gasteiger partial charge in [0.1, 0.15) is 5.75 Å². The third-order valence-electron chi connectivity index (χ3n) is 2.40. The summed E-state index contributed by atoms with van der Waals surface area (Å²) in [6.45, 7) is 0. The Kier molecular flexibility index (Phi) is 3.71. The van der Waals surface area contributed by atoms with Crippen LogP contribution in [0.1, 0.15) is 10.4 Å². The zero-order valence-electron chi connectivity index (χ0n) is 9.35. The van der Waals surface area contributed by atoms with Crippen molar-refractivity contribution in [2.24, 2.45) is 0 Å². The first-order chi connectivity index (χ1) is 8.58. The summed E-state index contributed by atoms with van der Waals surface area (Å²) in [4.78, 5) is 12.0. The summed E-state index contributed by atoms with van der Waals surface area (Å²) in [5.41, 5.74) is 7.01. The lowest BCUT2D eigenvalue weighted by molar-refractivity contribution is 0.102. The van der Waals surface area contributed by atoms with Crippen LogP contribution < -0.4 is 11.1 Å². The highest BCUT2D eigenvalue weighted by atomic mass is 127. The molecule has 4 nitrogen and oxygen atoms in total. The highest BCUT2D eigenvalue weighted by Gasteiger charge is 2.11. The van der Waals surface area contributed by atoms with E-state index in [1.54, 1.807) is 6.07 Å². The van der Waals surface area contributed by atoms with Gasteiger partial charge in [-0.2, -0.15) is 0 Å². The molecule has 2 aromatic rings. The predicted octanol–water partition coefficient (Wildman–Crippen LogP) is 2.83. The second kappa shape index (κ2) is 5.26. The molecule has 2 rings (SSSR count). The van der Waals surface area contributed by atoms with E-state index in [4.69, 9.17) is 5.73 Å². The minimum atomic E-state index is -0.340. The van der Waals surface area contributed by atoms with Gasteiger partial charge in [0, 0.05) is 9.26 Å². The van der Waals surface area contributed by atoms with Crippen LogP contribution in [-0.2, 0) is 0 Å². The number of phenolic OH excluding ortho intramolecular Hbond substituents is 1. The Bertz CT molecular complexity index is 599. The summed E-state index contributed by atoms with van der Waals surface area (Å²) < 4.78 is 0.933. The van der Waals surface area contributed by atoms with Gasteiger partial charge in [-0.1, -0.05) is 12.1 Å². The lowest BCUT2D eigenvalue weighted by Crippen LogP contribution is -2.14. The zero-order chi connectivity index (χ0) is 13.1. The van der Waals surface area contributed by atoms with Gasteiger partial charge in [-0.3, -0.25) is 4.79 Å². The van der Waals surface area contributed by atoms with Crippen LogP contribution in [0.4, 0.5) is 11.4 Å². The number of benzene rings is 2. The molecule has 0 saturated carbocycles. The second-order valence-corrected chi connectivity index (χ2v) is 4.87. The average Bonchev–Trinajstić information content (AvgIpc) is 2.35. The molecule has 0 atom stereocenters. The van der Waals surface area contributed by atoms with Gasteiger partial charge in [0.25, 0.3) is 5.91 Å². The fourth-order valence-corrected chi connectivity index (χ4v) is 2.02. The van der Waals surface area contributed by atoms with Gasteiger partial charge in [0.15, 0.2) is 0 Å². The summed E-state index contributed by atoms with van der Waals surface area (Å²) in [7, 11) is 0. The van der Waals surface area contributed by atoms with Crippen molar-refractivity contribution in [1.82, 2.24) is 0 Å². The van der Waals surface area contributed by atoms with E-state index in [0.717, 1.165) is 3.57 Å². The van der Waals surface area contributed by atoms with E-state index in [9.17, 15) is 9.90 Å². The summed E-state index contributed by atoms with van der Waals surface area (Å²) in [5, 5.41) is 12.1. The molecule has 0 aromatic heterocycles. The van der Waals surface area contributed by atoms with Crippen LogP contribution in [0.2, 0.25) is 0 Å². The summed E-state index contributed by atoms with van der Waals surface area (Å²) >= 11 is 2.13. The fraction of sp³-hybridized carbons (Fsp3) is 0. The molecule has 0 aliphatic carbocycles. The monoisotopic (exact) mass is 354 g/mol. The van der Waals surface area contributed by atoms with Crippen molar-refractivity contribution in [2.45, 2.75) is 0 Å². The maximum Gasteiger partial charge on any atom is 0.257 e. The topological polar surface area (TPSA) is 75.3 Å². The van der Waals surface area contributed by atoms with Crippen LogP contribution in [0, 0.1) is 3.57 Å². The maximum absolute atomic E-state index is 12.0. The van der Waals surface area contributed by atoms with Crippen molar-refractivity contribution >= 4 is 39.9 Å². The minimum absolute atomic E-state index is 0.0112. The van der Waals surface area contributed by atoms with Crippen molar-refractivity contribution in [3.8, 4) is 5.75 Å². The van der Waals surface area contributed by atoms with Crippen molar-refractivity contribution < 1.29 is 9.90 Å². The van der Waals surface area contributed by atoms with E-state index in [0.29, 0.717) is 11.4 Å². The molecule has 18 heavy (non-hydrogen) atoms. The quantitative estimate of drug-likeness (QED) is 0.441. The number of hydrogen-bond donors (Lipinski definition) is 3. The molecule has 0 aliphatic rings. The highest BCUT2D eigenvalue weighted by molar-refractivity contribution is 14.1. The number of anilines is 2. The molecule has 0 radical (unpaired) electrons. The second-order valence-electron chi connectivity index (χ2n) is 3.71. The number of phenols is 1. The van der Waals surface area contributed by atoms with Crippen LogP contribution in [0.3, 0.4) is 0 Å². The molecule has 0 heterocycles. The van der Waals surface area contributed by atoms with Crippen LogP contribution in [0.15, 0.2) is 42.5 Å². The maximum atomic E-state index is 12.0. The molecule has 4 N–H and O–H groups in total. The number of carbonyl (C=O) groups is 1. The van der Waals surface area contributed by atoms with Crippen molar-refractivity contribution in [2.75, 3.05) is 11.1 Å². The summed E-state index contributed by atoms with van der Waals surface area (Å²) in [5.74, 6) is -0.329. The van der Waals surface area contributed by atoms with Crippen LogP contribution in [0.25, 0.3) is 0 Å². The number of halogens is 1. The normalized spacial score (nSPS) is 10.1. The van der Waals surface area contributed by atoms with Gasteiger partial charge >= 0.3 is 0 Å². The molecule has 0 aliphatic heterocycles. The Balaban J connectivity index is 2.28. The number of hydrogen-bond acceptors (Lipinski definition) is 3. The molecule has 0 spiro atoms. The van der Waals surface area contributed by atoms with E-state index >= 15 is 0 Å². The first-order valence-electron chi connectivity index (χ1n) is 5.22. The lowest BCUT2D eigenvalue weighted by Gasteiger charge is -2.09. The first-order valence-corrected chi connectivity index (χ1v) is 6.30. The van der Waals surface area contributed by atoms with E-state index < -0.39 is 0 Å². The SMILES string of the molecule is Nc1ccc(O)cc1C(=O)Nc1ccccc1I. The van der Waals surface area contributed by atoms with Crippen LogP contribution >= 0.6 is 22.6 Å². The third kappa shape index (κ3) is 2.73. The molecular weight excluding hydrogens is 343 g/mol. The molecule has 0 unspecified atom stereocenters. The Morgan fingerprint density at radius 2 is 1.94 bits per heavy atom. The lowest BCUT2D eigenvalue weighted by atomic mass is 10.1. The smallest absolute Gasteiger partial charge is 0.257 e. The minimum Gasteiger partial charge on any atom is -0.508 e. The van der Waals surface area contributed by atoms with Crippen LogP contribution in [-0.4, -0.2) is 11.0 Å². The molecule has 0 bridgehead atoms. The molecule has 0 fully saturated rings. The molecular formula is C13H11IN2O2. The Labute approximate surface area is 118 Å². The Morgan fingerprint density at radius 1 is 1.22 bits per heavy atom. The number of nitrogen functional groups attached to an aromatic ring is 1. The zero-order valence-corrected chi connectivity index (χ0v) is 11.5. The largest absolute Gasteiger partial charge is 0.508 e. The van der Waals surface area contributed by atoms with Gasteiger partial charge < -0.3 is 16.2 Å². The molecule has 5 heteroatoms. The van der Waals surface area contributed by atoms with E-state index in [-0.39, 0.29) is 17.2 Å². The molecule has 1 amide bonds. The molecule has 0 saturated heterocycles. The third-order valence-corrected chi connectivity index (χ3v) is 3.34. The number of amides is 1. The molecule has 92 valence electrons. The van der Waals surface area contributed by atoms with E-state index in [1.165, 1.54) is 18.2 Å². The van der Waals surface area contributed by atoms with Gasteiger partial charge in [-0.15, -0.1) is 0 Å². The summed E-state index contributed by atoms with van der Waals surface area (Å²) in [6.07, 6.45) is 0. The number of rotatable bonds is 2. The van der Waals surface area contributed by atoms with Crippen LogP contribution in [0.5, 0.6) is 5.75 Å². The van der Waals surface area contributed by atoms with Gasteiger partial charge in [0.2, 0.25) is 0 Å². The average molecular weight is 354 g/mol. The van der Waals surface area contributed by atoms with Gasteiger partial charge in [-0.25, -0.2) is 0 Å². The first kappa shape index (κ1) is 12.7. The van der Waals surface area contributed by atoms with Gasteiger partial charge in [-0.05, 0) is 52.9 Å².